The summed E-state index contributed by atoms with van der Waals surface area (Å²) in [6.07, 6.45) is 1.22. The maximum Gasteiger partial charge on any atom is 0.220 e. The highest BCUT2D eigenvalue weighted by molar-refractivity contribution is 5.76. The summed E-state index contributed by atoms with van der Waals surface area (Å²) in [5.41, 5.74) is 4.60. The van der Waals surface area contributed by atoms with Gasteiger partial charge in [0.05, 0.1) is 13.2 Å². The fourth-order valence-corrected chi connectivity index (χ4v) is 2.61. The molecule has 0 bridgehead atoms. The summed E-state index contributed by atoms with van der Waals surface area (Å²) < 4.78 is 5.26. The number of aryl methyl sites for hydroxylation is 3. The van der Waals surface area contributed by atoms with Crippen molar-refractivity contribution in [3.05, 3.63) is 64.7 Å². The number of nitrogens with one attached hydrogen (secondary N) is 1. The van der Waals surface area contributed by atoms with Crippen LogP contribution in [-0.2, 0) is 11.2 Å². The molecule has 0 spiro atoms. The molecule has 3 heteroatoms. The first-order chi connectivity index (χ1) is 11.0. The Morgan fingerprint density at radius 2 is 1.83 bits per heavy atom. The normalized spacial score (nSPS) is 11.8. The second kappa shape index (κ2) is 7.82. The topological polar surface area (TPSA) is 38.3 Å². The Kier molecular flexibility index (Phi) is 5.80. The molecule has 0 saturated carbocycles. The van der Waals surface area contributed by atoms with Crippen LogP contribution in [0.2, 0.25) is 0 Å². The molecular formula is C20H25NO2. The Bertz CT molecular complexity index is 662. The fourth-order valence-electron chi connectivity index (χ4n) is 2.61. The van der Waals surface area contributed by atoms with Crippen molar-refractivity contribution >= 4 is 5.91 Å². The molecule has 3 nitrogen and oxygen atoms in total. The third kappa shape index (κ3) is 4.85. The largest absolute Gasteiger partial charge is 0.496 e. The van der Waals surface area contributed by atoms with E-state index in [1.165, 1.54) is 5.56 Å². The summed E-state index contributed by atoms with van der Waals surface area (Å²) in [6.45, 7) is 6.09. The van der Waals surface area contributed by atoms with Gasteiger partial charge in [-0.15, -0.1) is 0 Å². The van der Waals surface area contributed by atoms with E-state index in [1.807, 2.05) is 26.0 Å². The minimum absolute atomic E-state index is 0.0284. The van der Waals surface area contributed by atoms with Crippen molar-refractivity contribution in [2.24, 2.45) is 0 Å². The van der Waals surface area contributed by atoms with Crippen molar-refractivity contribution in [2.75, 3.05) is 7.11 Å². The summed E-state index contributed by atoms with van der Waals surface area (Å²) in [5, 5.41) is 3.06. The molecule has 0 unspecified atom stereocenters. The van der Waals surface area contributed by atoms with Gasteiger partial charge in [-0.25, -0.2) is 0 Å². The quantitative estimate of drug-likeness (QED) is 0.871. The van der Waals surface area contributed by atoms with Gasteiger partial charge in [-0.05, 0) is 49.9 Å². The van der Waals surface area contributed by atoms with Gasteiger partial charge in [0.1, 0.15) is 5.75 Å². The van der Waals surface area contributed by atoms with E-state index >= 15 is 0 Å². The number of hydrogen-bond donors (Lipinski definition) is 1. The number of amides is 1. The predicted octanol–water partition coefficient (Wildman–Crippen LogP) is 4.12. The van der Waals surface area contributed by atoms with Crippen molar-refractivity contribution in [1.82, 2.24) is 5.32 Å². The summed E-state index contributed by atoms with van der Waals surface area (Å²) in [4.78, 5) is 12.1. The van der Waals surface area contributed by atoms with Gasteiger partial charge in [-0.3, -0.25) is 4.79 Å². The van der Waals surface area contributed by atoms with E-state index in [0.717, 1.165) is 28.9 Å². The Hall–Kier alpha value is -2.29. The third-order valence-corrected chi connectivity index (χ3v) is 4.05. The van der Waals surface area contributed by atoms with Crippen molar-refractivity contribution < 1.29 is 9.53 Å². The van der Waals surface area contributed by atoms with Gasteiger partial charge in [0.15, 0.2) is 0 Å². The molecular weight excluding hydrogens is 286 g/mol. The van der Waals surface area contributed by atoms with Crippen molar-refractivity contribution in [3.63, 3.8) is 0 Å². The smallest absolute Gasteiger partial charge is 0.220 e. The van der Waals surface area contributed by atoms with Gasteiger partial charge < -0.3 is 10.1 Å². The highest BCUT2D eigenvalue weighted by Crippen LogP contribution is 2.19. The molecule has 1 amide bonds. The van der Waals surface area contributed by atoms with Crippen LogP contribution in [0.15, 0.2) is 42.5 Å². The van der Waals surface area contributed by atoms with Crippen LogP contribution in [0.3, 0.4) is 0 Å². The lowest BCUT2D eigenvalue weighted by Gasteiger charge is -2.15. The van der Waals surface area contributed by atoms with E-state index in [2.05, 4.69) is 42.6 Å². The van der Waals surface area contributed by atoms with E-state index in [9.17, 15) is 4.79 Å². The van der Waals surface area contributed by atoms with Gasteiger partial charge >= 0.3 is 0 Å². The molecule has 23 heavy (non-hydrogen) atoms. The molecule has 0 aliphatic carbocycles. The van der Waals surface area contributed by atoms with Gasteiger partial charge in [0, 0.05) is 6.42 Å². The highest BCUT2D eigenvalue weighted by Gasteiger charge is 2.10. The molecule has 0 aliphatic rings. The van der Waals surface area contributed by atoms with Crippen LogP contribution in [0.5, 0.6) is 5.75 Å². The first-order valence-corrected chi connectivity index (χ1v) is 7.99. The van der Waals surface area contributed by atoms with Crippen molar-refractivity contribution in [3.8, 4) is 5.75 Å². The second-order valence-corrected chi connectivity index (χ2v) is 6.00. The van der Waals surface area contributed by atoms with E-state index in [4.69, 9.17) is 4.74 Å². The number of hydrogen-bond acceptors (Lipinski definition) is 2. The number of methoxy groups -OCH3 is 1. The lowest BCUT2D eigenvalue weighted by molar-refractivity contribution is -0.121. The molecule has 2 aromatic carbocycles. The minimum atomic E-state index is 0.0284. The second-order valence-electron chi connectivity index (χ2n) is 6.00. The number of carbonyl (C=O) groups is 1. The van der Waals surface area contributed by atoms with Crippen LogP contribution in [0.1, 0.15) is 41.6 Å². The third-order valence-electron chi connectivity index (χ3n) is 4.05. The fraction of sp³-hybridized carbons (Fsp3) is 0.350. The average molecular weight is 311 g/mol. The number of benzene rings is 2. The van der Waals surface area contributed by atoms with Gasteiger partial charge in [0.25, 0.3) is 0 Å². The maximum absolute atomic E-state index is 12.1. The van der Waals surface area contributed by atoms with Crippen molar-refractivity contribution in [2.45, 2.75) is 39.7 Å². The summed E-state index contributed by atoms with van der Waals surface area (Å²) >= 11 is 0. The summed E-state index contributed by atoms with van der Waals surface area (Å²) in [7, 11) is 1.67. The number of carbonyl (C=O) groups excluding carboxylic acids is 1. The Morgan fingerprint density at radius 1 is 1.13 bits per heavy atom. The lowest BCUT2D eigenvalue weighted by atomic mass is 10.0. The minimum Gasteiger partial charge on any atom is -0.496 e. The molecule has 122 valence electrons. The van der Waals surface area contributed by atoms with E-state index in [1.54, 1.807) is 7.11 Å². The highest BCUT2D eigenvalue weighted by atomic mass is 16.5. The van der Waals surface area contributed by atoms with Crippen LogP contribution in [0.25, 0.3) is 0 Å². The van der Waals surface area contributed by atoms with Crippen LogP contribution in [0, 0.1) is 13.8 Å². The van der Waals surface area contributed by atoms with E-state index < -0.39 is 0 Å². The predicted molar refractivity (Wildman–Crippen MR) is 93.8 cm³/mol. The standard InChI is InChI=1S/C20H25NO2/c1-14-5-9-18(10-6-14)16(3)21-20(22)12-8-17-7-11-19(23-4)15(2)13-17/h5-7,9-11,13,16H,8,12H2,1-4H3,(H,21,22)/t16-/m1/s1. The van der Waals surface area contributed by atoms with Crippen LogP contribution in [0.4, 0.5) is 0 Å². The molecule has 0 heterocycles. The molecule has 1 N–H and O–H groups in total. The molecule has 2 aromatic rings. The molecule has 2 rings (SSSR count). The Morgan fingerprint density at radius 3 is 2.43 bits per heavy atom. The lowest BCUT2D eigenvalue weighted by Crippen LogP contribution is -2.26. The SMILES string of the molecule is COc1ccc(CCC(=O)N[C@H](C)c2ccc(C)cc2)cc1C. The van der Waals surface area contributed by atoms with Crippen LogP contribution < -0.4 is 10.1 Å². The maximum atomic E-state index is 12.1. The zero-order chi connectivity index (χ0) is 16.8. The summed E-state index contributed by atoms with van der Waals surface area (Å²) in [5.74, 6) is 0.956. The molecule has 0 saturated heterocycles. The summed E-state index contributed by atoms with van der Waals surface area (Å²) in [6, 6.07) is 14.3. The van der Waals surface area contributed by atoms with Gasteiger partial charge in [-0.2, -0.15) is 0 Å². The first-order valence-electron chi connectivity index (χ1n) is 7.99. The van der Waals surface area contributed by atoms with E-state index in [0.29, 0.717) is 6.42 Å². The van der Waals surface area contributed by atoms with Crippen LogP contribution >= 0.6 is 0 Å². The zero-order valence-corrected chi connectivity index (χ0v) is 14.3. The Labute approximate surface area is 138 Å². The monoisotopic (exact) mass is 311 g/mol. The first kappa shape index (κ1) is 17.1. The average Bonchev–Trinajstić information content (AvgIpc) is 2.53. The zero-order valence-electron chi connectivity index (χ0n) is 14.3. The van der Waals surface area contributed by atoms with E-state index in [-0.39, 0.29) is 11.9 Å². The van der Waals surface area contributed by atoms with Gasteiger partial charge in [0.2, 0.25) is 5.91 Å². The number of rotatable bonds is 6. The van der Waals surface area contributed by atoms with Gasteiger partial charge in [-0.1, -0.05) is 42.0 Å². The van der Waals surface area contributed by atoms with Crippen LogP contribution in [-0.4, -0.2) is 13.0 Å². The molecule has 1 atom stereocenters. The van der Waals surface area contributed by atoms with Crippen molar-refractivity contribution in [1.29, 1.82) is 0 Å². The molecule has 0 radical (unpaired) electrons. The Balaban J connectivity index is 1.87. The molecule has 0 fully saturated rings. The molecule has 0 aromatic heterocycles. The molecule has 0 aliphatic heterocycles. The number of ether oxygens (including phenoxy) is 1.